The summed E-state index contributed by atoms with van der Waals surface area (Å²) < 4.78 is 6.33. The molecule has 0 spiro atoms. The Morgan fingerprint density at radius 1 is 1.26 bits per heavy atom. The highest BCUT2D eigenvalue weighted by molar-refractivity contribution is 9.10. The van der Waals surface area contributed by atoms with Crippen LogP contribution >= 0.6 is 15.9 Å². The molecule has 1 heterocycles. The van der Waals surface area contributed by atoms with Crippen LogP contribution in [0.3, 0.4) is 0 Å². The Bertz CT molecular complexity index is 399. The van der Waals surface area contributed by atoms with Gasteiger partial charge >= 0.3 is 0 Å². The molecule has 0 atom stereocenters. The largest absolute Gasteiger partial charge is 0.381 e. The van der Waals surface area contributed by atoms with Crippen molar-refractivity contribution in [3.05, 3.63) is 34.3 Å². The lowest BCUT2D eigenvalue weighted by Gasteiger charge is -2.21. The predicted octanol–water partition coefficient (Wildman–Crippen LogP) is 3.39. The maximum atomic E-state index is 11.9. The number of nitrogens with one attached hydrogen (secondary N) is 1. The van der Waals surface area contributed by atoms with Crippen molar-refractivity contribution >= 4 is 21.8 Å². The number of hydrogen-bond acceptors (Lipinski definition) is 2. The smallest absolute Gasteiger partial charge is 0.251 e. The highest BCUT2D eigenvalue weighted by Crippen LogP contribution is 2.19. The Morgan fingerprint density at radius 3 is 2.63 bits per heavy atom. The average Bonchev–Trinajstić information content (AvgIpc) is 2.45. The molecule has 0 unspecified atom stereocenters. The molecule has 0 aromatic heterocycles. The van der Waals surface area contributed by atoms with E-state index in [-0.39, 0.29) is 5.91 Å². The number of hydrogen-bond donors (Lipinski definition) is 1. The van der Waals surface area contributed by atoms with Crippen LogP contribution in [0.15, 0.2) is 28.7 Å². The minimum Gasteiger partial charge on any atom is -0.381 e. The monoisotopic (exact) mass is 325 g/mol. The van der Waals surface area contributed by atoms with E-state index in [1.807, 2.05) is 24.3 Å². The van der Waals surface area contributed by atoms with Gasteiger partial charge in [-0.3, -0.25) is 4.79 Å². The number of benzene rings is 1. The van der Waals surface area contributed by atoms with Gasteiger partial charge in [-0.2, -0.15) is 0 Å². The van der Waals surface area contributed by atoms with Crippen molar-refractivity contribution in [2.24, 2.45) is 5.92 Å². The zero-order valence-corrected chi connectivity index (χ0v) is 12.6. The molecular weight excluding hydrogens is 306 g/mol. The molecule has 1 fully saturated rings. The van der Waals surface area contributed by atoms with E-state index < -0.39 is 0 Å². The molecular formula is C15H20BrNO2. The van der Waals surface area contributed by atoms with Gasteiger partial charge in [0.2, 0.25) is 0 Å². The lowest BCUT2D eigenvalue weighted by Crippen LogP contribution is -2.25. The summed E-state index contributed by atoms with van der Waals surface area (Å²) in [4.78, 5) is 11.9. The molecule has 1 amide bonds. The summed E-state index contributed by atoms with van der Waals surface area (Å²) in [5.74, 6) is 0.790. The molecule has 4 heteroatoms. The van der Waals surface area contributed by atoms with Crippen LogP contribution in [0.1, 0.15) is 36.0 Å². The lowest BCUT2D eigenvalue weighted by molar-refractivity contribution is 0.0631. The first-order valence-electron chi connectivity index (χ1n) is 6.87. The van der Waals surface area contributed by atoms with Gasteiger partial charge in [-0.1, -0.05) is 15.9 Å². The van der Waals surface area contributed by atoms with Crippen molar-refractivity contribution in [3.63, 3.8) is 0 Å². The van der Waals surface area contributed by atoms with E-state index in [1.165, 1.54) is 19.3 Å². The number of rotatable bonds is 5. The van der Waals surface area contributed by atoms with Crippen molar-refractivity contribution in [2.45, 2.75) is 25.7 Å². The van der Waals surface area contributed by atoms with Crippen LogP contribution in [0, 0.1) is 5.92 Å². The second-order valence-electron chi connectivity index (χ2n) is 4.96. The highest BCUT2D eigenvalue weighted by atomic mass is 79.9. The number of ether oxygens (including phenoxy) is 1. The van der Waals surface area contributed by atoms with Gasteiger partial charge < -0.3 is 10.1 Å². The summed E-state index contributed by atoms with van der Waals surface area (Å²) in [5, 5.41) is 2.97. The molecule has 1 aromatic rings. The molecule has 104 valence electrons. The van der Waals surface area contributed by atoms with Crippen molar-refractivity contribution in [2.75, 3.05) is 19.8 Å². The van der Waals surface area contributed by atoms with Crippen LogP contribution in [0.2, 0.25) is 0 Å². The number of halogens is 1. The lowest BCUT2D eigenvalue weighted by atomic mass is 9.95. The zero-order valence-electron chi connectivity index (χ0n) is 11.0. The maximum absolute atomic E-state index is 11.9. The van der Waals surface area contributed by atoms with E-state index in [1.54, 1.807) is 0 Å². The minimum atomic E-state index is 0.0134. The normalized spacial score (nSPS) is 16.3. The Balaban J connectivity index is 1.64. The van der Waals surface area contributed by atoms with Gasteiger partial charge in [-0.05, 0) is 55.9 Å². The molecule has 0 bridgehead atoms. The van der Waals surface area contributed by atoms with Crippen molar-refractivity contribution in [3.8, 4) is 0 Å². The summed E-state index contributed by atoms with van der Waals surface area (Å²) in [5.41, 5.74) is 0.717. The first-order valence-corrected chi connectivity index (χ1v) is 7.66. The van der Waals surface area contributed by atoms with Crippen molar-refractivity contribution < 1.29 is 9.53 Å². The van der Waals surface area contributed by atoms with E-state index in [0.717, 1.165) is 36.6 Å². The van der Waals surface area contributed by atoms with Crippen LogP contribution in [-0.4, -0.2) is 25.7 Å². The van der Waals surface area contributed by atoms with Crippen LogP contribution in [0.25, 0.3) is 0 Å². The second kappa shape index (κ2) is 7.65. The fraction of sp³-hybridized carbons (Fsp3) is 0.533. The number of carbonyl (C=O) groups excluding carboxylic acids is 1. The Kier molecular flexibility index (Phi) is 5.86. The van der Waals surface area contributed by atoms with Crippen LogP contribution < -0.4 is 5.32 Å². The molecule has 1 aliphatic rings. The molecule has 1 N–H and O–H groups in total. The second-order valence-corrected chi connectivity index (χ2v) is 5.88. The molecule has 0 saturated carbocycles. The standard InChI is InChI=1S/C15H20BrNO2/c16-14-5-3-13(4-6-14)15(18)17-9-1-2-12-7-10-19-11-8-12/h3-6,12H,1-2,7-11H2,(H,17,18). The maximum Gasteiger partial charge on any atom is 0.251 e. The van der Waals surface area contributed by atoms with Gasteiger partial charge in [0.1, 0.15) is 0 Å². The first kappa shape index (κ1) is 14.5. The Morgan fingerprint density at radius 2 is 1.95 bits per heavy atom. The van der Waals surface area contributed by atoms with Gasteiger partial charge in [-0.25, -0.2) is 0 Å². The van der Waals surface area contributed by atoms with Crippen molar-refractivity contribution in [1.29, 1.82) is 0 Å². The highest BCUT2D eigenvalue weighted by Gasteiger charge is 2.13. The quantitative estimate of drug-likeness (QED) is 0.843. The van der Waals surface area contributed by atoms with Crippen molar-refractivity contribution in [1.82, 2.24) is 5.32 Å². The molecule has 2 rings (SSSR count). The summed E-state index contributed by atoms with van der Waals surface area (Å²) >= 11 is 3.36. The third-order valence-corrected chi connectivity index (χ3v) is 4.05. The van der Waals surface area contributed by atoms with Gasteiger partial charge in [-0.15, -0.1) is 0 Å². The third kappa shape index (κ3) is 4.96. The van der Waals surface area contributed by atoms with E-state index in [2.05, 4.69) is 21.2 Å². The Labute approximate surface area is 122 Å². The van der Waals surface area contributed by atoms with E-state index in [0.29, 0.717) is 5.56 Å². The van der Waals surface area contributed by atoms with Gasteiger partial charge in [0, 0.05) is 29.8 Å². The fourth-order valence-corrected chi connectivity index (χ4v) is 2.60. The summed E-state index contributed by atoms with van der Waals surface area (Å²) in [6.45, 7) is 2.55. The van der Waals surface area contributed by atoms with E-state index >= 15 is 0 Å². The average molecular weight is 326 g/mol. The summed E-state index contributed by atoms with van der Waals surface area (Å²) in [7, 11) is 0. The molecule has 3 nitrogen and oxygen atoms in total. The Hall–Kier alpha value is -0.870. The predicted molar refractivity (Wildman–Crippen MR) is 79.3 cm³/mol. The van der Waals surface area contributed by atoms with Crippen LogP contribution in [-0.2, 0) is 4.74 Å². The number of carbonyl (C=O) groups is 1. The molecule has 1 aromatic carbocycles. The topological polar surface area (TPSA) is 38.3 Å². The SMILES string of the molecule is O=C(NCCCC1CCOCC1)c1ccc(Br)cc1. The minimum absolute atomic E-state index is 0.0134. The first-order chi connectivity index (χ1) is 9.25. The fourth-order valence-electron chi connectivity index (χ4n) is 2.33. The van der Waals surface area contributed by atoms with Gasteiger partial charge in [0.25, 0.3) is 5.91 Å². The molecule has 19 heavy (non-hydrogen) atoms. The van der Waals surface area contributed by atoms with E-state index in [9.17, 15) is 4.79 Å². The zero-order chi connectivity index (χ0) is 13.5. The van der Waals surface area contributed by atoms with Crippen LogP contribution in [0.4, 0.5) is 0 Å². The van der Waals surface area contributed by atoms with Gasteiger partial charge in [0.05, 0.1) is 0 Å². The molecule has 1 saturated heterocycles. The number of amides is 1. The van der Waals surface area contributed by atoms with Crippen LogP contribution in [0.5, 0.6) is 0 Å². The van der Waals surface area contributed by atoms with Gasteiger partial charge in [0.15, 0.2) is 0 Å². The summed E-state index contributed by atoms with van der Waals surface area (Å²) in [6, 6.07) is 7.43. The summed E-state index contributed by atoms with van der Waals surface area (Å²) in [6.07, 6.45) is 4.57. The molecule has 1 aliphatic heterocycles. The molecule has 0 radical (unpaired) electrons. The molecule has 0 aliphatic carbocycles. The van der Waals surface area contributed by atoms with E-state index in [4.69, 9.17) is 4.74 Å². The third-order valence-electron chi connectivity index (χ3n) is 3.52.